The number of phosphoric ester groups is 1. The van der Waals surface area contributed by atoms with Gasteiger partial charge < -0.3 is 28.8 Å². The minimum Gasteiger partial charge on any atom is -0.756 e. The number of aliphatic hydroxyl groups is 1. The van der Waals surface area contributed by atoms with Gasteiger partial charge in [0.05, 0.1) is 39.9 Å². The molecule has 0 bridgehead atoms. The summed E-state index contributed by atoms with van der Waals surface area (Å²) in [4.78, 5) is 25.3. The summed E-state index contributed by atoms with van der Waals surface area (Å²) in [5.41, 5.74) is 0. The molecular weight excluding hydrogens is 744 g/mol. The molecule has 2 N–H and O–H groups in total. The molecule has 0 spiro atoms. The standard InChI is InChI=1S/C49H85N2O6P/c1-6-8-10-12-14-16-18-20-21-22-23-24-25-26-27-28-29-31-33-35-37-39-41-43-49(53)50-47(46-57-58(54,55)56-45-44-51(3,4)5)48(52)42-40-38-36-34-32-30-19-17-15-13-11-9-7-2/h8,10,14,16,20-21,23-24,26-27,29,31-32,34,40,42,47-48,52H,6-7,9,11-13,15,17-19,22,25,28,30,33,35-39,41,43-46H2,1-5H3,(H-,50,53,54,55)/b10-8-,16-14-,21-20-,24-23-,27-26-,31-29-,34-32+,42-40+. The Morgan fingerprint density at radius 2 is 1.07 bits per heavy atom. The molecule has 332 valence electrons. The van der Waals surface area contributed by atoms with Crippen LogP contribution >= 0.6 is 7.82 Å². The normalized spacial score (nSPS) is 15.2. The molecule has 0 aliphatic rings. The third-order valence-electron chi connectivity index (χ3n) is 9.28. The molecule has 0 rings (SSSR count). The lowest BCUT2D eigenvalue weighted by Gasteiger charge is -2.29. The van der Waals surface area contributed by atoms with Crippen LogP contribution in [0.4, 0.5) is 0 Å². The monoisotopic (exact) mass is 829 g/mol. The lowest BCUT2D eigenvalue weighted by molar-refractivity contribution is -0.870. The van der Waals surface area contributed by atoms with E-state index in [0.717, 1.165) is 83.5 Å². The van der Waals surface area contributed by atoms with Gasteiger partial charge in [-0.25, -0.2) is 0 Å². The van der Waals surface area contributed by atoms with Crippen molar-refractivity contribution in [3.8, 4) is 0 Å². The topological polar surface area (TPSA) is 108 Å². The van der Waals surface area contributed by atoms with E-state index in [0.29, 0.717) is 23.9 Å². The highest BCUT2D eigenvalue weighted by Gasteiger charge is 2.23. The van der Waals surface area contributed by atoms with Crippen molar-refractivity contribution in [2.45, 2.75) is 167 Å². The molecule has 8 nitrogen and oxygen atoms in total. The maximum absolute atomic E-state index is 12.9. The second-order valence-electron chi connectivity index (χ2n) is 16.0. The Labute approximate surface area is 356 Å². The number of nitrogens with zero attached hydrogens (tertiary/aromatic N) is 1. The Bertz CT molecular complexity index is 1260. The summed E-state index contributed by atoms with van der Waals surface area (Å²) in [6.45, 7) is 4.45. The van der Waals surface area contributed by atoms with Crippen LogP contribution in [0.5, 0.6) is 0 Å². The lowest BCUT2D eigenvalue weighted by atomic mass is 10.1. The quantitative estimate of drug-likeness (QED) is 0.0276. The number of rotatable bonds is 39. The van der Waals surface area contributed by atoms with Gasteiger partial charge in [0.2, 0.25) is 5.91 Å². The van der Waals surface area contributed by atoms with E-state index in [2.05, 4.69) is 104 Å². The van der Waals surface area contributed by atoms with E-state index in [1.54, 1.807) is 6.08 Å². The average Bonchev–Trinajstić information content (AvgIpc) is 3.17. The van der Waals surface area contributed by atoms with E-state index in [4.69, 9.17) is 9.05 Å². The van der Waals surface area contributed by atoms with Crippen molar-refractivity contribution in [2.24, 2.45) is 0 Å². The number of unbranched alkanes of at least 4 members (excludes halogenated alkanes) is 12. The first-order valence-corrected chi connectivity index (χ1v) is 24.1. The molecule has 0 aromatic heterocycles. The summed E-state index contributed by atoms with van der Waals surface area (Å²) >= 11 is 0. The van der Waals surface area contributed by atoms with E-state index in [-0.39, 0.29) is 12.5 Å². The Kier molecular flexibility index (Phi) is 38.1. The van der Waals surface area contributed by atoms with Gasteiger partial charge in [0.1, 0.15) is 13.2 Å². The number of phosphoric acid groups is 1. The maximum Gasteiger partial charge on any atom is 0.268 e. The van der Waals surface area contributed by atoms with Gasteiger partial charge in [0, 0.05) is 6.42 Å². The van der Waals surface area contributed by atoms with Gasteiger partial charge in [-0.05, 0) is 83.5 Å². The first kappa shape index (κ1) is 55.4. The number of quaternary nitrogens is 1. The molecule has 0 fully saturated rings. The summed E-state index contributed by atoms with van der Waals surface area (Å²) in [5.74, 6) is -0.238. The van der Waals surface area contributed by atoms with Gasteiger partial charge in [-0.1, -0.05) is 162 Å². The molecule has 0 saturated heterocycles. The Morgan fingerprint density at radius 3 is 1.60 bits per heavy atom. The summed E-state index contributed by atoms with van der Waals surface area (Å²) < 4.78 is 23.1. The van der Waals surface area contributed by atoms with E-state index < -0.39 is 26.6 Å². The van der Waals surface area contributed by atoms with Gasteiger partial charge in [0.15, 0.2) is 0 Å². The maximum atomic E-state index is 12.9. The van der Waals surface area contributed by atoms with Crippen LogP contribution in [0.25, 0.3) is 0 Å². The van der Waals surface area contributed by atoms with Crippen molar-refractivity contribution in [3.05, 3.63) is 97.2 Å². The van der Waals surface area contributed by atoms with Gasteiger partial charge in [-0.3, -0.25) is 9.36 Å². The van der Waals surface area contributed by atoms with E-state index in [1.165, 1.54) is 44.9 Å². The number of aliphatic hydroxyl groups excluding tert-OH is 1. The highest BCUT2D eigenvalue weighted by atomic mass is 31.2. The minimum absolute atomic E-state index is 0.0175. The van der Waals surface area contributed by atoms with Crippen LogP contribution in [0.1, 0.15) is 155 Å². The molecular formula is C49H85N2O6P. The molecule has 3 unspecified atom stereocenters. The average molecular weight is 829 g/mol. The smallest absolute Gasteiger partial charge is 0.268 e. The van der Waals surface area contributed by atoms with Crippen molar-refractivity contribution in [2.75, 3.05) is 40.9 Å². The zero-order valence-electron chi connectivity index (χ0n) is 37.5. The third-order valence-corrected chi connectivity index (χ3v) is 10.2. The lowest BCUT2D eigenvalue weighted by Crippen LogP contribution is -2.45. The molecule has 3 atom stereocenters. The first-order valence-electron chi connectivity index (χ1n) is 22.6. The zero-order chi connectivity index (χ0) is 42.8. The van der Waals surface area contributed by atoms with Gasteiger partial charge in [-0.15, -0.1) is 0 Å². The fourth-order valence-corrected chi connectivity index (χ4v) is 6.42. The predicted octanol–water partition coefficient (Wildman–Crippen LogP) is 12.1. The Balaban J connectivity index is 4.49. The second kappa shape index (κ2) is 39.9. The number of hydrogen-bond acceptors (Lipinski definition) is 6. The number of amides is 1. The van der Waals surface area contributed by atoms with Crippen LogP contribution < -0.4 is 10.2 Å². The van der Waals surface area contributed by atoms with Crippen LogP contribution in [0.3, 0.4) is 0 Å². The predicted molar refractivity (Wildman–Crippen MR) is 246 cm³/mol. The number of nitrogens with one attached hydrogen (secondary N) is 1. The van der Waals surface area contributed by atoms with Crippen LogP contribution in [0.2, 0.25) is 0 Å². The third kappa shape index (κ3) is 41.6. The molecule has 9 heteroatoms. The number of likely N-dealkylation sites (N-methyl/N-ethyl adjacent to an activating group) is 1. The van der Waals surface area contributed by atoms with Crippen LogP contribution in [-0.4, -0.2) is 68.5 Å². The molecule has 1 amide bonds. The minimum atomic E-state index is -4.61. The molecule has 0 aromatic rings. The van der Waals surface area contributed by atoms with Gasteiger partial charge >= 0.3 is 0 Å². The largest absolute Gasteiger partial charge is 0.756 e. The summed E-state index contributed by atoms with van der Waals surface area (Å²) in [5, 5.41) is 13.7. The number of hydrogen-bond donors (Lipinski definition) is 2. The highest BCUT2D eigenvalue weighted by Crippen LogP contribution is 2.38. The number of carbonyl (C=O) groups excluding carboxylic acids is 1. The Morgan fingerprint density at radius 1 is 0.621 bits per heavy atom. The SMILES string of the molecule is CC/C=C\C/C=C\C/C=C\C/C=C\C/C=C\C/C=C\CCCCCCC(=O)NC(COP(=O)([O-])OCC[N+](C)(C)C)C(O)/C=C/CC/C=C/CCCCCCCCC. The highest BCUT2D eigenvalue weighted by molar-refractivity contribution is 7.45. The molecule has 0 aliphatic heterocycles. The van der Waals surface area contributed by atoms with Crippen molar-refractivity contribution in [1.82, 2.24) is 5.32 Å². The van der Waals surface area contributed by atoms with E-state index in [9.17, 15) is 19.4 Å². The van der Waals surface area contributed by atoms with Crippen LogP contribution in [-0.2, 0) is 18.4 Å². The van der Waals surface area contributed by atoms with Crippen molar-refractivity contribution in [1.29, 1.82) is 0 Å². The van der Waals surface area contributed by atoms with Gasteiger partial charge in [-0.2, -0.15) is 0 Å². The number of allylic oxidation sites excluding steroid dienone is 15. The molecule has 58 heavy (non-hydrogen) atoms. The number of carbonyl (C=O) groups is 1. The molecule has 0 saturated carbocycles. The fraction of sp³-hybridized carbons (Fsp3) is 0.653. The fourth-order valence-electron chi connectivity index (χ4n) is 5.70. The molecule has 0 aliphatic carbocycles. The second-order valence-corrected chi connectivity index (χ2v) is 17.4. The Hall–Kier alpha value is -2.58. The summed E-state index contributed by atoms with van der Waals surface area (Å²) in [6.07, 6.45) is 56.0. The summed E-state index contributed by atoms with van der Waals surface area (Å²) in [7, 11) is 1.20. The molecule has 0 heterocycles. The molecule has 0 aromatic carbocycles. The van der Waals surface area contributed by atoms with E-state index in [1.807, 2.05) is 27.2 Å². The van der Waals surface area contributed by atoms with Crippen molar-refractivity contribution >= 4 is 13.7 Å². The van der Waals surface area contributed by atoms with Crippen molar-refractivity contribution < 1.29 is 32.9 Å². The first-order chi connectivity index (χ1) is 28.0. The van der Waals surface area contributed by atoms with Crippen molar-refractivity contribution in [3.63, 3.8) is 0 Å². The summed E-state index contributed by atoms with van der Waals surface area (Å²) in [6, 6.07) is -0.922. The van der Waals surface area contributed by atoms with Gasteiger partial charge in [0.25, 0.3) is 7.82 Å². The van der Waals surface area contributed by atoms with Crippen LogP contribution in [0, 0.1) is 0 Å². The van der Waals surface area contributed by atoms with Crippen LogP contribution in [0.15, 0.2) is 97.2 Å². The van der Waals surface area contributed by atoms with E-state index >= 15 is 0 Å². The zero-order valence-corrected chi connectivity index (χ0v) is 38.3. The molecule has 0 radical (unpaired) electrons.